The molecule has 3 heteroatoms. The van der Waals surface area contributed by atoms with Crippen molar-refractivity contribution >= 4 is 5.69 Å². The first-order valence-electron chi connectivity index (χ1n) is 7.79. The number of hydrogen-bond acceptors (Lipinski definition) is 3. The summed E-state index contributed by atoms with van der Waals surface area (Å²) in [5.41, 5.74) is 2.48. The molecule has 1 aromatic carbocycles. The van der Waals surface area contributed by atoms with Crippen LogP contribution in [0.25, 0.3) is 0 Å². The van der Waals surface area contributed by atoms with Crippen LogP contribution < -0.4 is 5.32 Å². The summed E-state index contributed by atoms with van der Waals surface area (Å²) >= 11 is 0. The molecule has 0 saturated heterocycles. The lowest BCUT2D eigenvalue weighted by Gasteiger charge is -2.19. The van der Waals surface area contributed by atoms with Crippen molar-refractivity contribution in [3.8, 4) is 0 Å². The number of nitrogens with one attached hydrogen (secondary N) is 1. The molecule has 1 aromatic rings. The van der Waals surface area contributed by atoms with Crippen molar-refractivity contribution in [1.82, 2.24) is 0 Å². The number of rotatable bonds is 9. The van der Waals surface area contributed by atoms with Crippen molar-refractivity contribution in [2.75, 3.05) is 25.6 Å². The summed E-state index contributed by atoms with van der Waals surface area (Å²) in [4.78, 5) is 0. The molecule has 0 radical (unpaired) electrons. The van der Waals surface area contributed by atoms with Crippen LogP contribution in [0.5, 0.6) is 0 Å². The molecule has 2 aliphatic carbocycles. The normalized spacial score (nSPS) is 18.5. The number of ether oxygens (including phenoxy) is 2. The largest absolute Gasteiger partial charge is 0.382 e. The molecule has 2 aliphatic rings. The molecule has 110 valence electrons. The third kappa shape index (κ3) is 3.97. The van der Waals surface area contributed by atoms with Gasteiger partial charge in [-0.1, -0.05) is 12.1 Å². The fourth-order valence-corrected chi connectivity index (χ4v) is 2.81. The Kier molecular flexibility index (Phi) is 4.58. The van der Waals surface area contributed by atoms with Gasteiger partial charge in [0.25, 0.3) is 0 Å². The van der Waals surface area contributed by atoms with Crippen LogP contribution in [-0.2, 0) is 16.1 Å². The summed E-state index contributed by atoms with van der Waals surface area (Å²) in [6, 6.07) is 9.36. The van der Waals surface area contributed by atoms with Crippen LogP contribution >= 0.6 is 0 Å². The highest BCUT2D eigenvalue weighted by Crippen LogP contribution is 2.45. The fourth-order valence-electron chi connectivity index (χ4n) is 2.81. The van der Waals surface area contributed by atoms with Crippen LogP contribution in [0.2, 0.25) is 0 Å². The lowest BCUT2D eigenvalue weighted by atomic mass is 10.1. The number of anilines is 1. The number of benzene rings is 1. The molecule has 0 spiro atoms. The van der Waals surface area contributed by atoms with Crippen LogP contribution in [-0.4, -0.2) is 26.4 Å². The molecule has 0 aliphatic heterocycles. The molecule has 0 atom stereocenters. The van der Waals surface area contributed by atoms with Gasteiger partial charge in [0.05, 0.1) is 19.8 Å². The van der Waals surface area contributed by atoms with Crippen molar-refractivity contribution in [1.29, 1.82) is 0 Å². The van der Waals surface area contributed by atoms with E-state index in [4.69, 9.17) is 9.47 Å². The highest BCUT2D eigenvalue weighted by atomic mass is 16.5. The number of hydrogen-bond donors (Lipinski definition) is 1. The minimum Gasteiger partial charge on any atom is -0.382 e. The van der Waals surface area contributed by atoms with Crippen molar-refractivity contribution < 1.29 is 9.47 Å². The van der Waals surface area contributed by atoms with Gasteiger partial charge < -0.3 is 14.8 Å². The first-order chi connectivity index (χ1) is 9.86. The Morgan fingerprint density at radius 1 is 1.15 bits per heavy atom. The summed E-state index contributed by atoms with van der Waals surface area (Å²) < 4.78 is 10.6. The lowest BCUT2D eigenvalue weighted by Crippen LogP contribution is -2.24. The van der Waals surface area contributed by atoms with Gasteiger partial charge in [-0.2, -0.15) is 0 Å². The Labute approximate surface area is 121 Å². The second kappa shape index (κ2) is 6.59. The van der Waals surface area contributed by atoms with E-state index < -0.39 is 0 Å². The van der Waals surface area contributed by atoms with Gasteiger partial charge in [-0.3, -0.25) is 0 Å². The molecule has 2 saturated carbocycles. The zero-order valence-electron chi connectivity index (χ0n) is 12.3. The van der Waals surface area contributed by atoms with E-state index in [1.807, 2.05) is 0 Å². The summed E-state index contributed by atoms with van der Waals surface area (Å²) in [5.74, 6) is 1.84. The predicted molar refractivity (Wildman–Crippen MR) is 80.8 cm³/mol. The molecule has 3 nitrogen and oxygen atoms in total. The summed E-state index contributed by atoms with van der Waals surface area (Å²) in [6.07, 6.45) is 5.64. The van der Waals surface area contributed by atoms with Gasteiger partial charge in [0.2, 0.25) is 0 Å². The second-order valence-corrected chi connectivity index (χ2v) is 6.09. The molecule has 0 unspecified atom stereocenters. The molecule has 0 heterocycles. The Morgan fingerprint density at radius 2 is 1.90 bits per heavy atom. The van der Waals surface area contributed by atoms with E-state index in [0.717, 1.165) is 11.8 Å². The average molecular weight is 275 g/mol. The van der Waals surface area contributed by atoms with E-state index in [1.165, 1.54) is 36.9 Å². The SMILES string of the molecule is COCCOCc1cccc(NC(C2CC2)C2CC2)c1. The Morgan fingerprint density at radius 3 is 2.55 bits per heavy atom. The minimum absolute atomic E-state index is 0.654. The number of methoxy groups -OCH3 is 1. The summed E-state index contributed by atoms with van der Waals surface area (Å²) in [7, 11) is 1.70. The first kappa shape index (κ1) is 13.9. The van der Waals surface area contributed by atoms with Crippen molar-refractivity contribution in [2.45, 2.75) is 38.3 Å². The van der Waals surface area contributed by atoms with Crippen LogP contribution in [0.15, 0.2) is 24.3 Å². The zero-order chi connectivity index (χ0) is 13.8. The quantitative estimate of drug-likeness (QED) is 0.700. The van der Waals surface area contributed by atoms with Crippen LogP contribution in [0.4, 0.5) is 5.69 Å². The van der Waals surface area contributed by atoms with Gasteiger partial charge >= 0.3 is 0 Å². The van der Waals surface area contributed by atoms with Gasteiger partial charge in [0.15, 0.2) is 0 Å². The summed E-state index contributed by atoms with van der Waals surface area (Å²) in [5, 5.41) is 3.76. The van der Waals surface area contributed by atoms with Crippen molar-refractivity contribution in [3.05, 3.63) is 29.8 Å². The molecule has 20 heavy (non-hydrogen) atoms. The molecule has 0 amide bonds. The predicted octanol–water partition coefficient (Wildman–Crippen LogP) is 3.45. The van der Waals surface area contributed by atoms with Gasteiger partial charge in [-0.15, -0.1) is 0 Å². The van der Waals surface area contributed by atoms with Gasteiger partial charge in [0, 0.05) is 18.8 Å². The minimum atomic E-state index is 0.654. The smallest absolute Gasteiger partial charge is 0.0718 e. The third-order valence-electron chi connectivity index (χ3n) is 4.22. The van der Waals surface area contributed by atoms with E-state index in [1.54, 1.807) is 7.11 Å². The standard InChI is InChI=1S/C17H25NO2/c1-19-9-10-20-12-13-3-2-4-16(11-13)18-17(14-5-6-14)15-7-8-15/h2-4,11,14-15,17-18H,5-10,12H2,1H3. The molecule has 1 N–H and O–H groups in total. The highest BCUT2D eigenvalue weighted by Gasteiger charge is 2.41. The van der Waals surface area contributed by atoms with Gasteiger partial charge in [-0.25, -0.2) is 0 Å². The fraction of sp³-hybridized carbons (Fsp3) is 0.647. The topological polar surface area (TPSA) is 30.5 Å². The molecule has 0 bridgehead atoms. The monoisotopic (exact) mass is 275 g/mol. The van der Waals surface area contributed by atoms with E-state index in [2.05, 4.69) is 29.6 Å². The maximum atomic E-state index is 5.59. The second-order valence-electron chi connectivity index (χ2n) is 6.09. The lowest BCUT2D eigenvalue weighted by molar-refractivity contribution is 0.0617. The Hall–Kier alpha value is -1.06. The maximum Gasteiger partial charge on any atom is 0.0718 e. The van der Waals surface area contributed by atoms with E-state index in [0.29, 0.717) is 25.9 Å². The van der Waals surface area contributed by atoms with E-state index in [-0.39, 0.29) is 0 Å². The third-order valence-corrected chi connectivity index (χ3v) is 4.22. The maximum absolute atomic E-state index is 5.59. The highest BCUT2D eigenvalue weighted by molar-refractivity contribution is 5.47. The molecule has 3 rings (SSSR count). The van der Waals surface area contributed by atoms with E-state index in [9.17, 15) is 0 Å². The molecule has 2 fully saturated rings. The summed E-state index contributed by atoms with van der Waals surface area (Å²) in [6.45, 7) is 1.97. The molecular weight excluding hydrogens is 250 g/mol. The van der Waals surface area contributed by atoms with Crippen molar-refractivity contribution in [3.63, 3.8) is 0 Å². The average Bonchev–Trinajstić information content (AvgIpc) is 3.35. The van der Waals surface area contributed by atoms with E-state index >= 15 is 0 Å². The molecule has 0 aromatic heterocycles. The Bertz CT molecular complexity index is 415. The Balaban J connectivity index is 1.53. The van der Waals surface area contributed by atoms with Crippen LogP contribution in [0.1, 0.15) is 31.2 Å². The zero-order valence-corrected chi connectivity index (χ0v) is 12.3. The van der Waals surface area contributed by atoms with Gasteiger partial charge in [0.1, 0.15) is 0 Å². The van der Waals surface area contributed by atoms with Gasteiger partial charge in [-0.05, 0) is 55.2 Å². The first-order valence-corrected chi connectivity index (χ1v) is 7.79. The van der Waals surface area contributed by atoms with Crippen molar-refractivity contribution in [2.24, 2.45) is 11.8 Å². The van der Waals surface area contributed by atoms with Crippen LogP contribution in [0, 0.1) is 11.8 Å². The molecular formula is C17H25NO2. The van der Waals surface area contributed by atoms with Crippen LogP contribution in [0.3, 0.4) is 0 Å².